The Kier molecular flexibility index (Phi) is 6.11. The number of nitrogens with one attached hydrogen (secondary N) is 1. The summed E-state index contributed by atoms with van der Waals surface area (Å²) in [5.41, 5.74) is 7.49. The summed E-state index contributed by atoms with van der Waals surface area (Å²) in [5, 5.41) is 0. The van der Waals surface area contributed by atoms with Crippen molar-refractivity contribution in [2.45, 2.75) is 52.0 Å². The normalized spacial score (nSPS) is 20.2. The second-order valence-corrected chi connectivity index (χ2v) is 8.73. The maximum Gasteiger partial charge on any atom is 0.330 e. The van der Waals surface area contributed by atoms with Crippen LogP contribution in [0.15, 0.2) is 51.6 Å². The number of carbonyl (C=O) groups excluding carboxylic acids is 1. The van der Waals surface area contributed by atoms with Crippen molar-refractivity contribution in [1.29, 1.82) is 0 Å². The Labute approximate surface area is 181 Å². The lowest BCUT2D eigenvalue weighted by atomic mass is 9.97. The molecule has 0 bridgehead atoms. The van der Waals surface area contributed by atoms with Crippen LogP contribution in [0.4, 0.5) is 11.5 Å². The molecule has 2 aliphatic carbocycles. The highest BCUT2D eigenvalue weighted by molar-refractivity contribution is 5.98. The average molecular weight is 423 g/mol. The van der Waals surface area contributed by atoms with Gasteiger partial charge in [-0.1, -0.05) is 48.9 Å². The third-order valence-electron chi connectivity index (χ3n) is 6.40. The molecule has 1 amide bonds. The molecule has 1 heterocycles. The minimum Gasteiger partial charge on any atom is -0.383 e. The zero-order valence-corrected chi connectivity index (χ0v) is 18.0. The van der Waals surface area contributed by atoms with E-state index in [0.717, 1.165) is 31.2 Å². The van der Waals surface area contributed by atoms with Crippen LogP contribution < -0.4 is 21.9 Å². The van der Waals surface area contributed by atoms with Gasteiger partial charge in [0.15, 0.2) is 5.69 Å². The van der Waals surface area contributed by atoms with Crippen LogP contribution in [0.3, 0.4) is 0 Å². The number of aromatic amines is 1. The molecule has 164 valence electrons. The molecule has 0 spiro atoms. The first-order valence-electron chi connectivity index (χ1n) is 11.1. The van der Waals surface area contributed by atoms with E-state index in [1.165, 1.54) is 21.5 Å². The Bertz CT molecular complexity index is 1100. The number of hydrogen-bond acceptors (Lipinski definition) is 4. The van der Waals surface area contributed by atoms with Crippen molar-refractivity contribution in [3.05, 3.63) is 68.4 Å². The second kappa shape index (κ2) is 8.96. The van der Waals surface area contributed by atoms with E-state index in [1.807, 2.05) is 37.3 Å². The molecule has 0 aliphatic heterocycles. The fraction of sp³-hybridized carbons (Fsp3) is 0.458. The lowest BCUT2D eigenvalue weighted by Gasteiger charge is -2.26. The molecule has 7 nitrogen and oxygen atoms in total. The summed E-state index contributed by atoms with van der Waals surface area (Å²) in [6.45, 7) is 2.65. The number of allylic oxidation sites excluding steroid dienone is 1. The standard InChI is InChI=1S/C24H30N4O3/c1-16-14-19(16)23(30)27(13-12-17-8-4-2-5-9-17)20-21(25)28(24(31)26-22(20)29)15-18-10-6-3-7-11-18/h3,6-8,10-11,16,19H,2,4-5,9,12-15,25H2,1H3,(H,26,29,31)/t16-,19+/m1/s1. The first-order chi connectivity index (χ1) is 15.0. The van der Waals surface area contributed by atoms with E-state index in [2.05, 4.69) is 11.1 Å². The third-order valence-corrected chi connectivity index (χ3v) is 6.40. The van der Waals surface area contributed by atoms with E-state index in [1.54, 1.807) is 0 Å². The number of aromatic nitrogens is 2. The van der Waals surface area contributed by atoms with Crippen molar-refractivity contribution in [1.82, 2.24) is 9.55 Å². The van der Waals surface area contributed by atoms with Crippen LogP contribution in [0.5, 0.6) is 0 Å². The summed E-state index contributed by atoms with van der Waals surface area (Å²) in [4.78, 5) is 42.5. The molecule has 2 aromatic rings. The van der Waals surface area contributed by atoms with Crippen molar-refractivity contribution >= 4 is 17.4 Å². The Morgan fingerprint density at radius 1 is 1.23 bits per heavy atom. The molecule has 0 radical (unpaired) electrons. The predicted octanol–water partition coefficient (Wildman–Crippen LogP) is 3.05. The highest BCUT2D eigenvalue weighted by Crippen LogP contribution is 2.40. The van der Waals surface area contributed by atoms with Gasteiger partial charge < -0.3 is 10.6 Å². The molecule has 4 rings (SSSR count). The van der Waals surface area contributed by atoms with Gasteiger partial charge in [-0.25, -0.2) is 4.79 Å². The monoisotopic (exact) mass is 422 g/mol. The van der Waals surface area contributed by atoms with Crippen molar-refractivity contribution in [2.75, 3.05) is 17.2 Å². The molecule has 0 unspecified atom stereocenters. The highest BCUT2D eigenvalue weighted by atomic mass is 16.2. The van der Waals surface area contributed by atoms with Crippen LogP contribution in [0, 0.1) is 11.8 Å². The molecular formula is C24H30N4O3. The van der Waals surface area contributed by atoms with E-state index in [9.17, 15) is 14.4 Å². The fourth-order valence-corrected chi connectivity index (χ4v) is 4.35. The molecular weight excluding hydrogens is 392 g/mol. The number of hydrogen-bond donors (Lipinski definition) is 2. The fourth-order valence-electron chi connectivity index (χ4n) is 4.35. The van der Waals surface area contributed by atoms with Gasteiger partial charge in [0, 0.05) is 12.5 Å². The summed E-state index contributed by atoms with van der Waals surface area (Å²) in [5.74, 6) is 0.177. The Balaban J connectivity index is 1.70. The van der Waals surface area contributed by atoms with Crippen LogP contribution in [0.1, 0.15) is 51.0 Å². The molecule has 1 aromatic carbocycles. The van der Waals surface area contributed by atoms with Crippen molar-refractivity contribution in [3.63, 3.8) is 0 Å². The number of nitrogens with two attached hydrogens (primary N) is 1. The Morgan fingerprint density at radius 3 is 2.61 bits per heavy atom. The Morgan fingerprint density at radius 2 is 1.97 bits per heavy atom. The summed E-state index contributed by atoms with van der Waals surface area (Å²) < 4.78 is 1.34. The number of carbonyl (C=O) groups is 1. The van der Waals surface area contributed by atoms with Crippen molar-refractivity contribution < 1.29 is 4.79 Å². The van der Waals surface area contributed by atoms with E-state index in [0.29, 0.717) is 18.9 Å². The van der Waals surface area contributed by atoms with Crippen LogP contribution in [-0.2, 0) is 11.3 Å². The van der Waals surface area contributed by atoms with Gasteiger partial charge in [0.05, 0.1) is 6.54 Å². The van der Waals surface area contributed by atoms with Gasteiger partial charge in [-0.3, -0.25) is 19.1 Å². The largest absolute Gasteiger partial charge is 0.383 e. The molecule has 0 saturated heterocycles. The van der Waals surface area contributed by atoms with Gasteiger partial charge in [0.25, 0.3) is 5.56 Å². The van der Waals surface area contributed by atoms with Crippen LogP contribution in [0.25, 0.3) is 0 Å². The number of rotatable bonds is 7. The number of H-pyrrole nitrogens is 1. The van der Waals surface area contributed by atoms with Crippen LogP contribution in [-0.4, -0.2) is 22.0 Å². The quantitative estimate of drug-likeness (QED) is 0.670. The maximum absolute atomic E-state index is 13.3. The first kappa shape index (κ1) is 21.2. The average Bonchev–Trinajstić information content (AvgIpc) is 3.51. The molecule has 7 heteroatoms. The first-order valence-corrected chi connectivity index (χ1v) is 11.1. The van der Waals surface area contributed by atoms with E-state index in [4.69, 9.17) is 5.73 Å². The van der Waals surface area contributed by atoms with Gasteiger partial charge >= 0.3 is 5.69 Å². The number of amides is 1. The minimum atomic E-state index is -0.605. The summed E-state index contributed by atoms with van der Waals surface area (Å²) >= 11 is 0. The van der Waals surface area contributed by atoms with Gasteiger partial charge in [-0.05, 0) is 50.0 Å². The lowest BCUT2D eigenvalue weighted by molar-refractivity contribution is -0.120. The van der Waals surface area contributed by atoms with Crippen LogP contribution >= 0.6 is 0 Å². The molecule has 2 aliphatic rings. The van der Waals surface area contributed by atoms with E-state index >= 15 is 0 Å². The minimum absolute atomic E-state index is 0.0388. The Hall–Kier alpha value is -3.09. The number of benzene rings is 1. The van der Waals surface area contributed by atoms with Crippen molar-refractivity contribution in [2.24, 2.45) is 11.8 Å². The number of nitrogen functional groups attached to an aromatic ring is 1. The molecule has 1 saturated carbocycles. The second-order valence-electron chi connectivity index (χ2n) is 8.73. The number of nitrogens with zero attached hydrogens (tertiary/aromatic N) is 2. The molecule has 1 aromatic heterocycles. The van der Waals surface area contributed by atoms with Gasteiger partial charge in [0.2, 0.25) is 5.91 Å². The smallest absolute Gasteiger partial charge is 0.330 e. The zero-order valence-electron chi connectivity index (χ0n) is 18.0. The number of anilines is 2. The molecule has 1 fully saturated rings. The van der Waals surface area contributed by atoms with E-state index in [-0.39, 0.29) is 29.9 Å². The highest BCUT2D eigenvalue weighted by Gasteiger charge is 2.43. The molecule has 31 heavy (non-hydrogen) atoms. The van der Waals surface area contributed by atoms with Gasteiger partial charge in [-0.2, -0.15) is 0 Å². The van der Waals surface area contributed by atoms with E-state index < -0.39 is 11.2 Å². The summed E-state index contributed by atoms with van der Waals surface area (Å²) in [6, 6.07) is 9.43. The maximum atomic E-state index is 13.3. The SMILES string of the molecule is C[C@@H]1C[C@@H]1C(=O)N(CCC1=CCCCC1)c1c(N)n(Cc2ccccc2)c(=O)[nH]c1=O. The molecule has 2 atom stereocenters. The lowest BCUT2D eigenvalue weighted by Crippen LogP contribution is -2.42. The summed E-state index contributed by atoms with van der Waals surface area (Å²) in [7, 11) is 0. The topological polar surface area (TPSA) is 101 Å². The van der Waals surface area contributed by atoms with Crippen LogP contribution in [0.2, 0.25) is 0 Å². The van der Waals surface area contributed by atoms with Crippen molar-refractivity contribution in [3.8, 4) is 0 Å². The van der Waals surface area contributed by atoms with Gasteiger partial charge in [0.1, 0.15) is 5.82 Å². The van der Waals surface area contributed by atoms with Gasteiger partial charge in [-0.15, -0.1) is 0 Å². The molecule has 3 N–H and O–H groups in total. The summed E-state index contributed by atoms with van der Waals surface area (Å²) in [6.07, 6.45) is 8.22. The third kappa shape index (κ3) is 4.65. The predicted molar refractivity (Wildman–Crippen MR) is 122 cm³/mol. The zero-order chi connectivity index (χ0) is 22.0.